The molecular weight excluding hydrogens is 432 g/mol. The lowest BCUT2D eigenvalue weighted by molar-refractivity contribution is -0.128. The Morgan fingerprint density at radius 3 is 2.59 bits per heavy atom. The second-order valence-corrected chi connectivity index (χ2v) is 9.21. The number of hydrogen-bond acceptors (Lipinski definition) is 5. The molecule has 0 spiro atoms. The maximum absolute atomic E-state index is 13.0. The molecule has 1 saturated carbocycles. The van der Waals surface area contributed by atoms with Gasteiger partial charge in [-0.25, -0.2) is 0 Å². The molecule has 1 N–H and O–H groups in total. The van der Waals surface area contributed by atoms with Crippen molar-refractivity contribution in [1.82, 2.24) is 5.32 Å². The first kappa shape index (κ1) is 23.8. The molecule has 1 fully saturated rings. The zero-order chi connectivity index (χ0) is 24.2. The van der Waals surface area contributed by atoms with E-state index in [0.29, 0.717) is 22.7 Å². The van der Waals surface area contributed by atoms with Gasteiger partial charge in [0.1, 0.15) is 17.5 Å². The number of anilines is 1. The molecule has 0 unspecified atom stereocenters. The highest BCUT2D eigenvalue weighted by molar-refractivity contribution is 6.05. The van der Waals surface area contributed by atoms with E-state index in [9.17, 15) is 14.4 Å². The topological polar surface area (TPSA) is 84.9 Å². The van der Waals surface area contributed by atoms with Gasteiger partial charge in [0, 0.05) is 11.6 Å². The monoisotopic (exact) mass is 464 g/mol. The van der Waals surface area contributed by atoms with E-state index in [2.05, 4.69) is 5.32 Å². The quantitative estimate of drug-likeness (QED) is 0.623. The SMILES string of the molecule is Cc1ccc(OCC(=O)c2ccc3c(c2)N([C@@H](C)C(=O)NC2CCCCC2)C(=O)CO3)cc1C. The third-order valence-corrected chi connectivity index (χ3v) is 6.73. The second kappa shape index (κ2) is 10.3. The molecule has 0 aromatic heterocycles. The molecule has 7 heteroatoms. The number of benzene rings is 2. The molecule has 34 heavy (non-hydrogen) atoms. The van der Waals surface area contributed by atoms with Crippen molar-refractivity contribution in [3.05, 3.63) is 53.1 Å². The number of carbonyl (C=O) groups is 3. The summed E-state index contributed by atoms with van der Waals surface area (Å²) >= 11 is 0. The van der Waals surface area contributed by atoms with Gasteiger partial charge in [-0.3, -0.25) is 19.3 Å². The average molecular weight is 465 g/mol. The van der Waals surface area contributed by atoms with Gasteiger partial charge in [0.15, 0.2) is 19.0 Å². The number of fused-ring (bicyclic) bond motifs is 1. The molecule has 7 nitrogen and oxygen atoms in total. The summed E-state index contributed by atoms with van der Waals surface area (Å²) in [5.74, 6) is 0.377. The Hall–Kier alpha value is -3.35. The predicted molar refractivity (Wildman–Crippen MR) is 130 cm³/mol. The summed E-state index contributed by atoms with van der Waals surface area (Å²) in [7, 11) is 0. The number of amides is 2. The predicted octanol–water partition coefficient (Wildman–Crippen LogP) is 4.13. The van der Waals surface area contributed by atoms with Crippen molar-refractivity contribution in [1.29, 1.82) is 0 Å². The van der Waals surface area contributed by atoms with Crippen LogP contribution in [0.2, 0.25) is 0 Å². The molecule has 2 aromatic carbocycles. The normalized spacial score (nSPS) is 16.9. The smallest absolute Gasteiger partial charge is 0.265 e. The Morgan fingerprint density at radius 2 is 1.85 bits per heavy atom. The number of ether oxygens (including phenoxy) is 2. The van der Waals surface area contributed by atoms with Gasteiger partial charge in [-0.05, 0) is 75.1 Å². The number of nitrogens with zero attached hydrogens (tertiary/aromatic N) is 1. The minimum atomic E-state index is -0.714. The van der Waals surface area contributed by atoms with Crippen LogP contribution in [0.4, 0.5) is 5.69 Å². The molecule has 1 atom stereocenters. The van der Waals surface area contributed by atoms with Gasteiger partial charge >= 0.3 is 0 Å². The van der Waals surface area contributed by atoms with Crippen LogP contribution in [-0.2, 0) is 9.59 Å². The molecule has 1 heterocycles. The van der Waals surface area contributed by atoms with E-state index >= 15 is 0 Å². The van der Waals surface area contributed by atoms with Gasteiger partial charge in [-0.2, -0.15) is 0 Å². The van der Waals surface area contributed by atoms with Crippen molar-refractivity contribution in [2.24, 2.45) is 0 Å². The summed E-state index contributed by atoms with van der Waals surface area (Å²) in [6.45, 7) is 5.45. The largest absolute Gasteiger partial charge is 0.485 e. The summed E-state index contributed by atoms with van der Waals surface area (Å²) < 4.78 is 11.3. The van der Waals surface area contributed by atoms with Crippen LogP contribution < -0.4 is 19.7 Å². The number of hydrogen-bond donors (Lipinski definition) is 1. The van der Waals surface area contributed by atoms with Crippen LogP contribution >= 0.6 is 0 Å². The maximum Gasteiger partial charge on any atom is 0.265 e. The maximum atomic E-state index is 13.0. The minimum absolute atomic E-state index is 0.131. The van der Waals surface area contributed by atoms with Crippen LogP contribution in [0.1, 0.15) is 60.5 Å². The fraction of sp³-hybridized carbons (Fsp3) is 0.444. The van der Waals surface area contributed by atoms with Crippen molar-refractivity contribution in [3.63, 3.8) is 0 Å². The summed E-state index contributed by atoms with van der Waals surface area (Å²) in [4.78, 5) is 40.0. The Labute approximate surface area is 200 Å². The first-order valence-electron chi connectivity index (χ1n) is 12.0. The third kappa shape index (κ3) is 5.24. The first-order valence-corrected chi connectivity index (χ1v) is 12.0. The van der Waals surface area contributed by atoms with Crippen molar-refractivity contribution in [3.8, 4) is 11.5 Å². The first-order chi connectivity index (χ1) is 16.3. The standard InChI is InChI=1S/C27H32N2O5/c1-17-9-11-22(13-18(17)2)33-15-24(30)20-10-12-25-23(14-20)29(26(31)16-34-25)19(3)27(32)28-21-7-5-4-6-8-21/h9-14,19,21H,4-8,15-16H2,1-3H3,(H,28,32)/t19-/m0/s1. The van der Waals surface area contributed by atoms with Crippen molar-refractivity contribution in [2.75, 3.05) is 18.1 Å². The molecular formula is C27H32N2O5. The molecule has 1 aliphatic heterocycles. The third-order valence-electron chi connectivity index (χ3n) is 6.73. The fourth-order valence-corrected chi connectivity index (χ4v) is 4.49. The van der Waals surface area contributed by atoms with Gasteiger partial charge in [0.25, 0.3) is 5.91 Å². The highest BCUT2D eigenvalue weighted by Crippen LogP contribution is 2.35. The lowest BCUT2D eigenvalue weighted by atomic mass is 9.95. The molecule has 0 radical (unpaired) electrons. The Bertz CT molecular complexity index is 1090. The number of Topliss-reactive ketones (excluding diaryl/α,β-unsaturated/α-hetero) is 1. The molecule has 0 bridgehead atoms. The molecule has 1 aliphatic carbocycles. The van der Waals surface area contributed by atoms with Gasteiger partial charge < -0.3 is 14.8 Å². The summed E-state index contributed by atoms with van der Waals surface area (Å²) in [5, 5.41) is 3.09. The number of ketones is 1. The van der Waals surface area contributed by atoms with Crippen molar-refractivity contribution < 1.29 is 23.9 Å². The van der Waals surface area contributed by atoms with Gasteiger partial charge in [-0.1, -0.05) is 25.3 Å². The van der Waals surface area contributed by atoms with E-state index < -0.39 is 6.04 Å². The molecule has 2 aliphatic rings. The highest BCUT2D eigenvalue weighted by atomic mass is 16.5. The van der Waals surface area contributed by atoms with E-state index in [1.165, 1.54) is 11.3 Å². The van der Waals surface area contributed by atoms with Crippen LogP contribution in [0, 0.1) is 13.8 Å². The van der Waals surface area contributed by atoms with Gasteiger partial charge in [-0.15, -0.1) is 0 Å². The number of aryl methyl sites for hydroxylation is 2. The lowest BCUT2D eigenvalue weighted by Gasteiger charge is -2.34. The summed E-state index contributed by atoms with van der Waals surface area (Å²) in [6, 6.07) is 10.1. The van der Waals surface area contributed by atoms with E-state index in [-0.39, 0.29) is 36.9 Å². The Kier molecular flexibility index (Phi) is 7.20. The molecule has 4 rings (SSSR count). The summed E-state index contributed by atoms with van der Waals surface area (Å²) in [5.41, 5.74) is 3.07. The Balaban J connectivity index is 1.49. The summed E-state index contributed by atoms with van der Waals surface area (Å²) in [6.07, 6.45) is 5.33. The van der Waals surface area contributed by atoms with E-state index in [1.54, 1.807) is 25.1 Å². The van der Waals surface area contributed by atoms with E-state index in [0.717, 1.165) is 36.8 Å². The number of rotatable bonds is 7. The lowest BCUT2D eigenvalue weighted by Crippen LogP contribution is -2.53. The van der Waals surface area contributed by atoms with Crippen LogP contribution in [0.3, 0.4) is 0 Å². The Morgan fingerprint density at radius 1 is 1.09 bits per heavy atom. The van der Waals surface area contributed by atoms with Crippen molar-refractivity contribution >= 4 is 23.3 Å². The van der Waals surface area contributed by atoms with E-state index in [4.69, 9.17) is 9.47 Å². The van der Waals surface area contributed by atoms with Crippen molar-refractivity contribution in [2.45, 2.75) is 65.0 Å². The van der Waals surface area contributed by atoms with Crippen LogP contribution in [0.5, 0.6) is 11.5 Å². The van der Waals surface area contributed by atoms with Gasteiger partial charge in [0.2, 0.25) is 5.91 Å². The van der Waals surface area contributed by atoms with Crippen LogP contribution in [0.25, 0.3) is 0 Å². The molecule has 2 amide bonds. The van der Waals surface area contributed by atoms with Gasteiger partial charge in [0.05, 0.1) is 5.69 Å². The highest BCUT2D eigenvalue weighted by Gasteiger charge is 2.34. The number of carbonyl (C=O) groups excluding carboxylic acids is 3. The zero-order valence-electron chi connectivity index (χ0n) is 20.1. The minimum Gasteiger partial charge on any atom is -0.485 e. The zero-order valence-corrected chi connectivity index (χ0v) is 20.1. The molecule has 0 saturated heterocycles. The van der Waals surface area contributed by atoms with E-state index in [1.807, 2.05) is 32.0 Å². The fourth-order valence-electron chi connectivity index (χ4n) is 4.49. The number of nitrogens with one attached hydrogen (secondary N) is 1. The van der Waals surface area contributed by atoms with Crippen LogP contribution in [-0.4, -0.2) is 42.9 Å². The molecule has 180 valence electrons. The van der Waals surface area contributed by atoms with Crippen LogP contribution in [0.15, 0.2) is 36.4 Å². The average Bonchev–Trinajstić information content (AvgIpc) is 2.84. The molecule has 2 aromatic rings. The second-order valence-electron chi connectivity index (χ2n) is 9.21.